The van der Waals surface area contributed by atoms with Crippen LogP contribution in [-0.4, -0.2) is 51.3 Å². The van der Waals surface area contributed by atoms with Gasteiger partial charge in [-0.3, -0.25) is 9.79 Å². The highest BCUT2D eigenvalue weighted by Crippen LogP contribution is 2.44. The number of carboxylic acid groups (broad SMARTS) is 1. The molecule has 7 nitrogen and oxygen atoms in total. The quantitative estimate of drug-likeness (QED) is 0.173. The van der Waals surface area contributed by atoms with Crippen molar-refractivity contribution in [3.63, 3.8) is 0 Å². The highest BCUT2D eigenvalue weighted by molar-refractivity contribution is 8.00. The van der Waals surface area contributed by atoms with Gasteiger partial charge in [0, 0.05) is 63.2 Å². The molecule has 0 amide bonds. The summed E-state index contributed by atoms with van der Waals surface area (Å²) in [5, 5.41) is 11.2. The molecule has 0 fully saturated rings. The number of rotatable bonds is 11. The van der Waals surface area contributed by atoms with Gasteiger partial charge in [-0.2, -0.15) is 0 Å². The number of aliphatic carboxylic acids is 1. The fraction of sp³-hybridized carbons (Fsp3) is 0.361. The maximum Gasteiger partial charge on any atom is 0.309 e. The number of carboxylic acids is 1. The van der Waals surface area contributed by atoms with Crippen molar-refractivity contribution in [1.82, 2.24) is 9.55 Å². The van der Waals surface area contributed by atoms with E-state index in [-0.39, 0.29) is 10.8 Å². The van der Waals surface area contributed by atoms with E-state index in [1.807, 2.05) is 36.7 Å². The third kappa shape index (κ3) is 7.36. The van der Waals surface area contributed by atoms with Crippen molar-refractivity contribution in [2.24, 2.45) is 10.4 Å². The molecule has 230 valence electrons. The second-order valence-corrected chi connectivity index (χ2v) is 14.7. The number of carbonyl (C=O) groups is 1. The van der Waals surface area contributed by atoms with Crippen molar-refractivity contribution in [1.29, 1.82) is 0 Å². The lowest BCUT2D eigenvalue weighted by molar-refractivity contribution is -0.146. The topological polar surface area (TPSA) is 85.9 Å². The zero-order valence-corrected chi connectivity index (χ0v) is 27.1. The van der Waals surface area contributed by atoms with E-state index >= 15 is 0 Å². The van der Waals surface area contributed by atoms with E-state index in [4.69, 9.17) is 9.47 Å². The van der Waals surface area contributed by atoms with Crippen molar-refractivity contribution in [3.8, 4) is 22.8 Å². The summed E-state index contributed by atoms with van der Waals surface area (Å²) >= 11 is 1.78. The molecule has 0 bridgehead atoms. The molecule has 2 aromatic heterocycles. The second-order valence-electron chi connectivity index (χ2n) is 12.8. The molecule has 0 saturated carbocycles. The Labute approximate surface area is 264 Å². The Morgan fingerprint density at radius 2 is 1.80 bits per heavy atom. The average Bonchev–Trinajstić information content (AvgIpc) is 3.26. The van der Waals surface area contributed by atoms with Crippen LogP contribution < -0.4 is 9.47 Å². The van der Waals surface area contributed by atoms with Gasteiger partial charge in [0.15, 0.2) is 0 Å². The van der Waals surface area contributed by atoms with Gasteiger partial charge in [-0.1, -0.05) is 51.1 Å². The standard InChI is InChI=1S/C36H41N3O4S/c1-35(2,3)44-33-29-19-28(43-23-27-9-7-8-18-37-27)15-16-30(29)39(31(33)20-36(4,5)34(40)41)22-24-10-12-25(13-11-24)26-14-17-32(42-6)38-21-26/h7-8,10-19,21,27H,9,20,22-23H2,1-6H3,(H,40,41). The SMILES string of the molecule is COc1ccc(-c2ccc(Cn3c(CC(C)(C)C(=O)O)c(SC(C)(C)C)c4cc(OCC5CC=CC=N5)ccc43)cc2)cn1. The molecule has 1 atom stereocenters. The first-order valence-electron chi connectivity index (χ1n) is 14.9. The summed E-state index contributed by atoms with van der Waals surface area (Å²) in [6.07, 6.45) is 8.97. The summed E-state index contributed by atoms with van der Waals surface area (Å²) in [5.74, 6) is 0.556. The van der Waals surface area contributed by atoms with E-state index in [1.165, 1.54) is 0 Å². The summed E-state index contributed by atoms with van der Waals surface area (Å²) in [6, 6.07) is 18.7. The van der Waals surface area contributed by atoms with Crippen molar-refractivity contribution in [3.05, 3.63) is 84.2 Å². The van der Waals surface area contributed by atoms with Gasteiger partial charge >= 0.3 is 5.97 Å². The van der Waals surface area contributed by atoms with Gasteiger partial charge in [-0.25, -0.2) is 4.98 Å². The summed E-state index contributed by atoms with van der Waals surface area (Å²) in [7, 11) is 1.61. The van der Waals surface area contributed by atoms with Crippen LogP contribution in [0.4, 0.5) is 0 Å². The molecule has 0 radical (unpaired) electrons. The van der Waals surface area contributed by atoms with Gasteiger partial charge in [-0.15, -0.1) is 11.8 Å². The molecule has 8 heteroatoms. The van der Waals surface area contributed by atoms with Crippen molar-refractivity contribution < 1.29 is 19.4 Å². The Morgan fingerprint density at radius 3 is 2.41 bits per heavy atom. The molecule has 0 saturated heterocycles. The first kappa shape index (κ1) is 31.4. The minimum atomic E-state index is -0.948. The average molecular weight is 612 g/mol. The van der Waals surface area contributed by atoms with Crippen molar-refractivity contribution >= 4 is 34.8 Å². The van der Waals surface area contributed by atoms with Crippen LogP contribution in [0.1, 0.15) is 52.3 Å². The Hall–Kier alpha value is -4.04. The highest BCUT2D eigenvalue weighted by atomic mass is 32.2. The highest BCUT2D eigenvalue weighted by Gasteiger charge is 2.33. The summed E-state index contributed by atoms with van der Waals surface area (Å²) in [4.78, 5) is 22.3. The molecule has 0 aliphatic carbocycles. The molecule has 5 rings (SSSR count). The monoisotopic (exact) mass is 611 g/mol. The number of aromatic nitrogens is 2. The lowest BCUT2D eigenvalue weighted by atomic mass is 9.88. The van der Waals surface area contributed by atoms with Crippen LogP contribution in [-0.2, 0) is 17.8 Å². The van der Waals surface area contributed by atoms with E-state index in [9.17, 15) is 9.90 Å². The molecule has 0 spiro atoms. The van der Waals surface area contributed by atoms with Crippen LogP contribution >= 0.6 is 11.8 Å². The van der Waals surface area contributed by atoms with E-state index in [2.05, 4.69) is 77.8 Å². The Bertz CT molecular complexity index is 1680. The molecular formula is C36H41N3O4S. The van der Waals surface area contributed by atoms with E-state index in [0.717, 1.165) is 50.4 Å². The van der Waals surface area contributed by atoms with Crippen LogP contribution in [0, 0.1) is 5.41 Å². The predicted molar refractivity (Wildman–Crippen MR) is 180 cm³/mol. The number of ether oxygens (including phenoxy) is 2. The molecule has 1 unspecified atom stereocenters. The fourth-order valence-electron chi connectivity index (χ4n) is 5.21. The number of hydrogen-bond donors (Lipinski definition) is 1. The number of fused-ring (bicyclic) bond motifs is 1. The normalized spacial score (nSPS) is 15.1. The van der Waals surface area contributed by atoms with E-state index < -0.39 is 11.4 Å². The number of benzene rings is 2. The summed E-state index contributed by atoms with van der Waals surface area (Å²) in [5.41, 5.74) is 4.33. The molecule has 1 N–H and O–H groups in total. The lowest BCUT2D eigenvalue weighted by Crippen LogP contribution is -2.28. The summed E-state index contributed by atoms with van der Waals surface area (Å²) < 4.78 is 13.6. The van der Waals surface area contributed by atoms with Gasteiger partial charge in [-0.05, 0) is 61.7 Å². The van der Waals surface area contributed by atoms with Crippen LogP contribution in [0.15, 0.2) is 82.8 Å². The maximum atomic E-state index is 12.3. The van der Waals surface area contributed by atoms with Crippen molar-refractivity contribution in [2.75, 3.05) is 13.7 Å². The second kappa shape index (κ2) is 12.9. The number of allylic oxidation sites excluding steroid dienone is 1. The number of aliphatic imine (C=N–C) groups is 1. The Morgan fingerprint density at radius 1 is 1.05 bits per heavy atom. The minimum absolute atomic E-state index is 0.0880. The summed E-state index contributed by atoms with van der Waals surface area (Å²) in [6.45, 7) is 11.3. The molecule has 1 aliphatic rings. The third-order valence-corrected chi connectivity index (χ3v) is 8.90. The van der Waals surface area contributed by atoms with Crippen LogP contribution in [0.5, 0.6) is 11.6 Å². The first-order chi connectivity index (χ1) is 20.9. The van der Waals surface area contributed by atoms with E-state index in [0.29, 0.717) is 25.5 Å². The molecule has 4 aromatic rings. The molecule has 2 aromatic carbocycles. The molecule has 3 heterocycles. The van der Waals surface area contributed by atoms with Gasteiger partial charge in [0.2, 0.25) is 5.88 Å². The largest absolute Gasteiger partial charge is 0.491 e. The Kier molecular flexibility index (Phi) is 9.20. The predicted octanol–water partition coefficient (Wildman–Crippen LogP) is 8.08. The van der Waals surface area contributed by atoms with Gasteiger partial charge < -0.3 is 19.1 Å². The van der Waals surface area contributed by atoms with Crippen LogP contribution in [0.3, 0.4) is 0 Å². The van der Waals surface area contributed by atoms with Gasteiger partial charge in [0.25, 0.3) is 0 Å². The first-order valence-corrected chi connectivity index (χ1v) is 15.7. The fourth-order valence-corrected chi connectivity index (χ4v) is 6.39. The molecule has 1 aliphatic heterocycles. The number of dihydropyridines is 1. The number of thioether (sulfide) groups is 1. The third-order valence-electron chi connectivity index (χ3n) is 7.63. The number of hydrogen-bond acceptors (Lipinski definition) is 6. The minimum Gasteiger partial charge on any atom is -0.491 e. The van der Waals surface area contributed by atoms with Crippen LogP contribution in [0.2, 0.25) is 0 Å². The smallest absolute Gasteiger partial charge is 0.309 e. The maximum absolute atomic E-state index is 12.3. The number of methoxy groups -OCH3 is 1. The number of pyridine rings is 1. The Balaban J connectivity index is 1.55. The molecular weight excluding hydrogens is 570 g/mol. The lowest BCUT2D eigenvalue weighted by Gasteiger charge is -2.24. The number of nitrogens with zero attached hydrogens (tertiary/aromatic N) is 3. The van der Waals surface area contributed by atoms with E-state index in [1.54, 1.807) is 32.7 Å². The van der Waals surface area contributed by atoms with Crippen molar-refractivity contribution in [2.45, 2.75) is 69.7 Å². The zero-order valence-electron chi connectivity index (χ0n) is 26.3. The van der Waals surface area contributed by atoms with Crippen LogP contribution in [0.25, 0.3) is 22.0 Å². The zero-order chi connectivity index (χ0) is 31.5. The molecule has 44 heavy (non-hydrogen) atoms. The van der Waals surface area contributed by atoms with Gasteiger partial charge in [0.1, 0.15) is 12.4 Å². The van der Waals surface area contributed by atoms with Gasteiger partial charge in [0.05, 0.1) is 18.6 Å².